The summed E-state index contributed by atoms with van der Waals surface area (Å²) >= 11 is 5.97. The zero-order chi connectivity index (χ0) is 21.1. The van der Waals surface area contributed by atoms with Gasteiger partial charge in [0.1, 0.15) is 11.6 Å². The van der Waals surface area contributed by atoms with E-state index in [9.17, 15) is 14.0 Å². The van der Waals surface area contributed by atoms with Gasteiger partial charge in [-0.3, -0.25) is 9.59 Å². The molecule has 2 amide bonds. The summed E-state index contributed by atoms with van der Waals surface area (Å²) in [5.74, 6) is 0.118. The van der Waals surface area contributed by atoms with Crippen LogP contribution in [0.15, 0.2) is 42.6 Å². The Hall–Kier alpha value is -2.99. The van der Waals surface area contributed by atoms with Crippen LogP contribution in [-0.2, 0) is 16.0 Å². The number of halogens is 2. The number of hydrogen-bond acceptors (Lipinski definition) is 3. The molecule has 0 saturated carbocycles. The minimum absolute atomic E-state index is 0.0254. The highest BCUT2D eigenvalue weighted by Crippen LogP contribution is 2.26. The van der Waals surface area contributed by atoms with E-state index in [0.717, 1.165) is 35.1 Å². The SMILES string of the molecule is O=C1CCc2cc(/C=C/C(=O)N3CC=C(c4cc(F)cc(Cl)c4)CCC3)cnc2N1. The van der Waals surface area contributed by atoms with Crippen LogP contribution >= 0.6 is 11.6 Å². The molecule has 0 spiro atoms. The van der Waals surface area contributed by atoms with Crippen molar-refractivity contribution in [3.63, 3.8) is 0 Å². The molecule has 5 nitrogen and oxygen atoms in total. The molecule has 0 bridgehead atoms. The monoisotopic (exact) mass is 425 g/mol. The van der Waals surface area contributed by atoms with E-state index in [0.29, 0.717) is 36.8 Å². The van der Waals surface area contributed by atoms with E-state index >= 15 is 0 Å². The molecule has 0 radical (unpaired) electrons. The highest BCUT2D eigenvalue weighted by Gasteiger charge is 2.17. The average molecular weight is 426 g/mol. The summed E-state index contributed by atoms with van der Waals surface area (Å²) in [7, 11) is 0. The zero-order valence-corrected chi connectivity index (χ0v) is 17.1. The van der Waals surface area contributed by atoms with Crippen LogP contribution in [0.25, 0.3) is 11.6 Å². The quantitative estimate of drug-likeness (QED) is 0.737. The Kier molecular flexibility index (Phi) is 5.95. The highest BCUT2D eigenvalue weighted by molar-refractivity contribution is 6.30. The molecular weight excluding hydrogens is 405 g/mol. The first-order valence-corrected chi connectivity index (χ1v) is 10.3. The maximum Gasteiger partial charge on any atom is 0.246 e. The number of aromatic nitrogens is 1. The summed E-state index contributed by atoms with van der Waals surface area (Å²) in [5.41, 5.74) is 3.55. The van der Waals surface area contributed by atoms with Crippen LogP contribution in [0.3, 0.4) is 0 Å². The molecule has 2 aliphatic rings. The Labute approximate surface area is 179 Å². The van der Waals surface area contributed by atoms with Gasteiger partial charge in [0.25, 0.3) is 0 Å². The maximum absolute atomic E-state index is 13.7. The van der Waals surface area contributed by atoms with Crippen molar-refractivity contribution >= 4 is 40.9 Å². The second kappa shape index (κ2) is 8.79. The third-order valence-corrected chi connectivity index (χ3v) is 5.48. The summed E-state index contributed by atoms with van der Waals surface area (Å²) in [6.07, 6.45) is 9.53. The van der Waals surface area contributed by atoms with Crippen molar-refractivity contribution in [1.82, 2.24) is 9.88 Å². The summed E-state index contributed by atoms with van der Waals surface area (Å²) in [6.45, 7) is 1.09. The Bertz CT molecular complexity index is 1040. The van der Waals surface area contributed by atoms with Crippen LogP contribution in [0.5, 0.6) is 0 Å². The zero-order valence-electron chi connectivity index (χ0n) is 16.3. The van der Waals surface area contributed by atoms with E-state index in [1.54, 1.807) is 29.3 Å². The molecule has 2 aromatic rings. The summed E-state index contributed by atoms with van der Waals surface area (Å²) in [4.78, 5) is 30.1. The first-order chi connectivity index (χ1) is 14.5. The number of hydrogen-bond donors (Lipinski definition) is 1. The minimum Gasteiger partial charge on any atom is -0.335 e. The molecule has 0 aliphatic carbocycles. The van der Waals surface area contributed by atoms with Crippen LogP contribution < -0.4 is 5.32 Å². The normalized spacial score (nSPS) is 16.7. The number of carbonyl (C=O) groups is 2. The lowest BCUT2D eigenvalue weighted by molar-refractivity contribution is -0.125. The first-order valence-electron chi connectivity index (χ1n) is 9.89. The van der Waals surface area contributed by atoms with Crippen LogP contribution in [0.1, 0.15) is 36.0 Å². The standard InChI is InChI=1S/C23H21ClFN3O2/c24-19-11-18(12-20(25)13-19)16-2-1-8-28(9-7-16)22(30)6-3-15-10-17-4-5-21(29)27-23(17)26-14-15/h3,6-7,10-14H,1-2,4-5,8-9H2,(H,26,27,29)/b6-3+. The number of allylic oxidation sites excluding steroid dienone is 1. The third-order valence-electron chi connectivity index (χ3n) is 5.26. The molecule has 0 fully saturated rings. The van der Waals surface area contributed by atoms with Gasteiger partial charge in [-0.25, -0.2) is 9.37 Å². The first kappa shape index (κ1) is 20.3. The molecule has 30 heavy (non-hydrogen) atoms. The van der Waals surface area contributed by atoms with Crippen molar-refractivity contribution < 1.29 is 14.0 Å². The number of amides is 2. The predicted octanol–water partition coefficient (Wildman–Crippen LogP) is 4.48. The van der Waals surface area contributed by atoms with Crippen molar-refractivity contribution in [2.24, 2.45) is 0 Å². The third kappa shape index (κ3) is 4.76. The van der Waals surface area contributed by atoms with Gasteiger partial charge in [-0.2, -0.15) is 0 Å². The van der Waals surface area contributed by atoms with Crippen LogP contribution in [-0.4, -0.2) is 34.8 Å². The van der Waals surface area contributed by atoms with E-state index in [-0.39, 0.29) is 17.6 Å². The molecule has 3 heterocycles. The predicted molar refractivity (Wildman–Crippen MR) is 115 cm³/mol. The molecule has 2 aliphatic heterocycles. The van der Waals surface area contributed by atoms with Gasteiger partial charge in [-0.1, -0.05) is 17.7 Å². The van der Waals surface area contributed by atoms with E-state index < -0.39 is 0 Å². The molecule has 7 heteroatoms. The van der Waals surface area contributed by atoms with Gasteiger partial charge in [-0.05, 0) is 71.9 Å². The van der Waals surface area contributed by atoms with Crippen LogP contribution in [0.2, 0.25) is 5.02 Å². The van der Waals surface area contributed by atoms with E-state index in [1.165, 1.54) is 12.1 Å². The second-order valence-electron chi connectivity index (χ2n) is 7.43. The smallest absolute Gasteiger partial charge is 0.246 e. The number of aryl methyl sites for hydroxylation is 1. The molecule has 1 aromatic heterocycles. The molecule has 1 N–H and O–H groups in total. The van der Waals surface area contributed by atoms with Gasteiger partial charge in [0.15, 0.2) is 0 Å². The Morgan fingerprint density at radius 2 is 2.07 bits per heavy atom. The Morgan fingerprint density at radius 3 is 2.90 bits per heavy atom. The van der Waals surface area contributed by atoms with E-state index in [4.69, 9.17) is 11.6 Å². The number of anilines is 1. The van der Waals surface area contributed by atoms with Gasteiger partial charge < -0.3 is 10.2 Å². The molecule has 154 valence electrons. The lowest BCUT2D eigenvalue weighted by Gasteiger charge is -2.17. The maximum atomic E-state index is 13.7. The average Bonchev–Trinajstić information content (AvgIpc) is 2.97. The summed E-state index contributed by atoms with van der Waals surface area (Å²) in [6, 6.07) is 6.45. The molecule has 1 aromatic carbocycles. The van der Waals surface area contributed by atoms with Crippen molar-refractivity contribution in [2.75, 3.05) is 18.4 Å². The van der Waals surface area contributed by atoms with E-state index in [2.05, 4.69) is 10.3 Å². The number of rotatable bonds is 3. The van der Waals surface area contributed by atoms with Crippen molar-refractivity contribution in [3.05, 3.63) is 70.1 Å². The largest absolute Gasteiger partial charge is 0.335 e. The lowest BCUT2D eigenvalue weighted by atomic mass is 10.0. The fourth-order valence-corrected chi connectivity index (χ4v) is 3.94. The molecule has 4 rings (SSSR count). The number of carbonyl (C=O) groups excluding carboxylic acids is 2. The number of nitrogens with one attached hydrogen (secondary N) is 1. The number of pyridine rings is 1. The number of nitrogens with zero attached hydrogens (tertiary/aromatic N) is 2. The highest BCUT2D eigenvalue weighted by atomic mass is 35.5. The van der Waals surface area contributed by atoms with Crippen molar-refractivity contribution in [1.29, 1.82) is 0 Å². The lowest BCUT2D eigenvalue weighted by Crippen LogP contribution is -2.29. The topological polar surface area (TPSA) is 62.3 Å². The van der Waals surface area contributed by atoms with Gasteiger partial charge in [0.05, 0.1) is 0 Å². The van der Waals surface area contributed by atoms with Gasteiger partial charge >= 0.3 is 0 Å². The fraction of sp³-hybridized carbons (Fsp3) is 0.261. The van der Waals surface area contributed by atoms with Crippen molar-refractivity contribution in [2.45, 2.75) is 25.7 Å². The van der Waals surface area contributed by atoms with Gasteiger partial charge in [0, 0.05) is 36.8 Å². The summed E-state index contributed by atoms with van der Waals surface area (Å²) in [5, 5.41) is 3.11. The van der Waals surface area contributed by atoms with Crippen molar-refractivity contribution in [3.8, 4) is 0 Å². The molecule has 0 unspecified atom stereocenters. The fourth-order valence-electron chi connectivity index (χ4n) is 3.71. The van der Waals surface area contributed by atoms with Gasteiger partial charge in [0.2, 0.25) is 11.8 Å². The molecule has 0 saturated heterocycles. The second-order valence-corrected chi connectivity index (χ2v) is 7.87. The van der Waals surface area contributed by atoms with E-state index in [1.807, 2.05) is 12.1 Å². The Morgan fingerprint density at radius 1 is 1.20 bits per heavy atom. The number of fused-ring (bicyclic) bond motifs is 1. The van der Waals surface area contributed by atoms with Gasteiger partial charge in [-0.15, -0.1) is 0 Å². The molecular formula is C23H21ClFN3O2. The summed E-state index contributed by atoms with van der Waals surface area (Å²) < 4.78 is 13.7. The number of benzene rings is 1. The molecule has 0 atom stereocenters. The van der Waals surface area contributed by atoms with Crippen LogP contribution in [0.4, 0.5) is 10.2 Å². The minimum atomic E-state index is -0.364. The Balaban J connectivity index is 1.44. The van der Waals surface area contributed by atoms with Crippen LogP contribution in [0, 0.1) is 5.82 Å².